The number of thiophene rings is 1. The van der Waals surface area contributed by atoms with E-state index in [0.29, 0.717) is 35.0 Å². The number of rotatable bonds is 5. The minimum Gasteiger partial charge on any atom is -0.497 e. The van der Waals surface area contributed by atoms with E-state index in [9.17, 15) is 13.2 Å². The Kier molecular flexibility index (Phi) is 6.01. The zero-order valence-electron chi connectivity index (χ0n) is 14.1. The molecular weight excluding hydrogens is 440 g/mol. The Labute approximate surface area is 165 Å². The molecule has 1 saturated heterocycles. The topological polar surface area (TPSA) is 75.7 Å². The zero-order valence-corrected chi connectivity index (χ0v) is 17.4. The second kappa shape index (κ2) is 8.08. The number of hydrogen-bond donors (Lipinski definition) is 1. The van der Waals surface area contributed by atoms with E-state index in [1.165, 1.54) is 15.6 Å². The minimum atomic E-state index is -3.57. The quantitative estimate of drug-likeness (QED) is 0.742. The van der Waals surface area contributed by atoms with E-state index < -0.39 is 10.0 Å². The Morgan fingerprint density at radius 2 is 2.15 bits per heavy atom. The lowest BCUT2D eigenvalue weighted by Crippen LogP contribution is -2.43. The number of ether oxygens (including phenoxy) is 1. The summed E-state index contributed by atoms with van der Waals surface area (Å²) in [6, 6.07) is 10.4. The van der Waals surface area contributed by atoms with Gasteiger partial charge in [-0.3, -0.25) is 4.79 Å². The Morgan fingerprint density at radius 3 is 2.85 bits per heavy atom. The van der Waals surface area contributed by atoms with E-state index >= 15 is 0 Å². The average Bonchev–Trinajstić information content (AvgIpc) is 3.09. The maximum atomic E-state index is 12.8. The first-order valence-corrected chi connectivity index (χ1v) is 11.2. The predicted molar refractivity (Wildman–Crippen MR) is 105 cm³/mol. The molecule has 0 saturated carbocycles. The van der Waals surface area contributed by atoms with E-state index in [4.69, 9.17) is 4.74 Å². The van der Waals surface area contributed by atoms with Crippen molar-refractivity contribution in [2.45, 2.75) is 17.1 Å². The Morgan fingerprint density at radius 1 is 1.35 bits per heavy atom. The van der Waals surface area contributed by atoms with Crippen molar-refractivity contribution in [3.63, 3.8) is 0 Å². The van der Waals surface area contributed by atoms with Crippen LogP contribution in [-0.4, -0.2) is 38.8 Å². The molecule has 0 aliphatic carbocycles. The van der Waals surface area contributed by atoms with Crippen LogP contribution in [0.1, 0.15) is 12.8 Å². The molecule has 0 bridgehead atoms. The summed E-state index contributed by atoms with van der Waals surface area (Å²) in [7, 11) is -2.01. The predicted octanol–water partition coefficient (Wildman–Crippen LogP) is 3.56. The second-order valence-corrected chi connectivity index (χ2v) is 10.6. The lowest BCUT2D eigenvalue weighted by Gasteiger charge is -2.30. The van der Waals surface area contributed by atoms with Gasteiger partial charge >= 0.3 is 0 Å². The summed E-state index contributed by atoms with van der Waals surface area (Å²) in [5.41, 5.74) is 0.636. The fraction of sp³-hybridized carbons (Fsp3) is 0.353. The Balaban J connectivity index is 1.70. The van der Waals surface area contributed by atoms with Crippen molar-refractivity contribution in [3.05, 3.63) is 40.2 Å². The molecule has 1 aliphatic rings. The van der Waals surface area contributed by atoms with Crippen LogP contribution in [0.5, 0.6) is 5.75 Å². The number of carbonyl (C=O) groups is 1. The molecule has 1 aromatic carbocycles. The second-order valence-electron chi connectivity index (χ2n) is 5.98. The van der Waals surface area contributed by atoms with Crippen molar-refractivity contribution >= 4 is 48.9 Å². The van der Waals surface area contributed by atoms with Crippen LogP contribution < -0.4 is 10.1 Å². The maximum absolute atomic E-state index is 12.8. The van der Waals surface area contributed by atoms with Gasteiger partial charge in [0.1, 0.15) is 9.96 Å². The highest BCUT2D eigenvalue weighted by Gasteiger charge is 2.34. The molecule has 2 heterocycles. The molecule has 3 rings (SSSR count). The maximum Gasteiger partial charge on any atom is 0.252 e. The van der Waals surface area contributed by atoms with Crippen LogP contribution in [0, 0.1) is 5.92 Å². The van der Waals surface area contributed by atoms with Gasteiger partial charge in [-0.05, 0) is 53.0 Å². The third-order valence-electron chi connectivity index (χ3n) is 4.23. The molecule has 140 valence electrons. The Bertz CT molecular complexity index is 898. The highest BCUT2D eigenvalue weighted by molar-refractivity contribution is 9.11. The van der Waals surface area contributed by atoms with Crippen LogP contribution in [0.25, 0.3) is 0 Å². The van der Waals surface area contributed by atoms with Gasteiger partial charge in [0.2, 0.25) is 5.91 Å². The number of nitrogens with one attached hydrogen (secondary N) is 1. The fourth-order valence-corrected chi connectivity index (χ4v) is 6.57. The SMILES string of the molecule is COc1cccc(NC(=O)C2CCCN(S(=O)(=O)c3ccc(Br)s3)C2)c1. The highest BCUT2D eigenvalue weighted by atomic mass is 79.9. The summed E-state index contributed by atoms with van der Waals surface area (Å²) in [4.78, 5) is 12.6. The molecule has 0 spiro atoms. The van der Waals surface area contributed by atoms with E-state index in [0.717, 1.165) is 3.79 Å². The minimum absolute atomic E-state index is 0.175. The number of anilines is 1. The largest absolute Gasteiger partial charge is 0.497 e. The van der Waals surface area contributed by atoms with E-state index in [2.05, 4.69) is 21.2 Å². The smallest absolute Gasteiger partial charge is 0.252 e. The average molecular weight is 459 g/mol. The summed E-state index contributed by atoms with van der Waals surface area (Å²) in [6.07, 6.45) is 1.32. The molecule has 1 aromatic heterocycles. The summed E-state index contributed by atoms with van der Waals surface area (Å²) < 4.78 is 33.2. The first kappa shape index (κ1) is 19.3. The lowest BCUT2D eigenvalue weighted by molar-refractivity contribution is -0.120. The third kappa shape index (κ3) is 4.28. The molecule has 1 aliphatic heterocycles. The van der Waals surface area contributed by atoms with Crippen molar-refractivity contribution in [2.24, 2.45) is 5.92 Å². The summed E-state index contributed by atoms with van der Waals surface area (Å²) in [6.45, 7) is 0.619. The molecule has 6 nitrogen and oxygen atoms in total. The molecule has 1 N–H and O–H groups in total. The number of sulfonamides is 1. The van der Waals surface area contributed by atoms with Crippen LogP contribution >= 0.6 is 27.3 Å². The Hall–Kier alpha value is -1.42. The first-order chi connectivity index (χ1) is 12.4. The summed E-state index contributed by atoms with van der Waals surface area (Å²) in [5, 5.41) is 2.86. The number of halogens is 1. The molecule has 26 heavy (non-hydrogen) atoms. The number of piperidine rings is 1. The van der Waals surface area contributed by atoms with Crippen LogP contribution in [0.15, 0.2) is 44.4 Å². The molecule has 1 fully saturated rings. The van der Waals surface area contributed by atoms with Crippen molar-refractivity contribution < 1.29 is 17.9 Å². The number of hydrogen-bond acceptors (Lipinski definition) is 5. The van der Waals surface area contributed by atoms with Crippen LogP contribution in [0.4, 0.5) is 5.69 Å². The van der Waals surface area contributed by atoms with Gasteiger partial charge in [0.05, 0.1) is 16.8 Å². The standard InChI is InChI=1S/C17H19BrN2O4S2/c1-24-14-6-2-5-13(10-14)19-17(21)12-4-3-9-20(11-12)26(22,23)16-8-7-15(18)25-16/h2,5-8,10,12H,3-4,9,11H2,1H3,(H,19,21). The van der Waals surface area contributed by atoms with Gasteiger partial charge in [-0.1, -0.05) is 6.07 Å². The van der Waals surface area contributed by atoms with Crippen molar-refractivity contribution in [2.75, 3.05) is 25.5 Å². The number of benzene rings is 1. The van der Waals surface area contributed by atoms with Crippen LogP contribution in [0.2, 0.25) is 0 Å². The molecule has 9 heteroatoms. The van der Waals surface area contributed by atoms with Gasteiger partial charge in [-0.2, -0.15) is 4.31 Å². The van der Waals surface area contributed by atoms with Gasteiger partial charge in [0.25, 0.3) is 10.0 Å². The van der Waals surface area contributed by atoms with Crippen LogP contribution in [0.3, 0.4) is 0 Å². The van der Waals surface area contributed by atoms with Gasteiger partial charge < -0.3 is 10.1 Å². The van der Waals surface area contributed by atoms with E-state index in [-0.39, 0.29) is 18.4 Å². The van der Waals surface area contributed by atoms with Gasteiger partial charge in [0, 0.05) is 24.8 Å². The van der Waals surface area contributed by atoms with Gasteiger partial charge in [-0.15, -0.1) is 11.3 Å². The van der Waals surface area contributed by atoms with Crippen molar-refractivity contribution in [3.8, 4) is 5.75 Å². The summed E-state index contributed by atoms with van der Waals surface area (Å²) >= 11 is 4.47. The summed E-state index contributed by atoms with van der Waals surface area (Å²) in [5.74, 6) is 0.0950. The van der Waals surface area contributed by atoms with Gasteiger partial charge in [-0.25, -0.2) is 8.42 Å². The van der Waals surface area contributed by atoms with Crippen molar-refractivity contribution in [1.82, 2.24) is 4.31 Å². The molecule has 2 aromatic rings. The van der Waals surface area contributed by atoms with Crippen LogP contribution in [-0.2, 0) is 14.8 Å². The normalized spacial score (nSPS) is 18.5. The molecule has 1 amide bonds. The number of amides is 1. The molecular formula is C17H19BrN2O4S2. The first-order valence-electron chi connectivity index (χ1n) is 8.10. The van der Waals surface area contributed by atoms with Crippen molar-refractivity contribution in [1.29, 1.82) is 0 Å². The fourth-order valence-electron chi connectivity index (χ4n) is 2.88. The monoisotopic (exact) mass is 458 g/mol. The van der Waals surface area contributed by atoms with E-state index in [1.54, 1.807) is 43.5 Å². The number of nitrogens with zero attached hydrogens (tertiary/aromatic N) is 1. The lowest BCUT2D eigenvalue weighted by atomic mass is 9.98. The number of methoxy groups -OCH3 is 1. The highest BCUT2D eigenvalue weighted by Crippen LogP contribution is 2.31. The number of carbonyl (C=O) groups excluding carboxylic acids is 1. The molecule has 0 radical (unpaired) electrons. The molecule has 1 atom stereocenters. The molecule has 1 unspecified atom stereocenters. The van der Waals surface area contributed by atoms with E-state index in [1.807, 2.05) is 0 Å². The third-order valence-corrected chi connectivity index (χ3v) is 8.19. The zero-order chi connectivity index (χ0) is 18.7. The van der Waals surface area contributed by atoms with Gasteiger partial charge in [0.15, 0.2) is 0 Å².